The molecule has 4 aromatic rings. The summed E-state index contributed by atoms with van der Waals surface area (Å²) in [6, 6.07) is 31.2. The van der Waals surface area contributed by atoms with Crippen LogP contribution in [0, 0.1) is 23.7 Å². The van der Waals surface area contributed by atoms with Crippen molar-refractivity contribution < 1.29 is 20.4 Å². The molecular weight excluding hydrogens is 567 g/mol. The second-order valence-electron chi connectivity index (χ2n) is 9.93. The molecular formula is C36H26Cl2O4. The molecule has 0 radical (unpaired) electrons. The van der Waals surface area contributed by atoms with Crippen molar-refractivity contribution in [3.8, 4) is 23.7 Å². The maximum atomic E-state index is 11.8. The smallest absolute Gasteiger partial charge is 0.178 e. The lowest BCUT2D eigenvalue weighted by Crippen LogP contribution is -2.33. The van der Waals surface area contributed by atoms with E-state index in [4.69, 9.17) is 23.2 Å². The Morgan fingerprint density at radius 3 is 1.12 bits per heavy atom. The van der Waals surface area contributed by atoms with Crippen LogP contribution in [0.4, 0.5) is 0 Å². The summed E-state index contributed by atoms with van der Waals surface area (Å²) in [5, 5.41) is 46.6. The zero-order valence-electron chi connectivity index (χ0n) is 22.2. The highest BCUT2D eigenvalue weighted by Gasteiger charge is 2.35. The first-order valence-corrected chi connectivity index (χ1v) is 13.8. The van der Waals surface area contributed by atoms with Gasteiger partial charge < -0.3 is 20.4 Å². The molecule has 4 nitrogen and oxygen atoms in total. The molecule has 0 aromatic heterocycles. The molecule has 0 fully saturated rings. The van der Waals surface area contributed by atoms with Gasteiger partial charge in [-0.15, -0.1) is 0 Å². The highest BCUT2D eigenvalue weighted by molar-refractivity contribution is 6.31. The van der Waals surface area contributed by atoms with Crippen LogP contribution in [-0.2, 0) is 11.2 Å². The van der Waals surface area contributed by atoms with Gasteiger partial charge >= 0.3 is 0 Å². The third-order valence-electron chi connectivity index (χ3n) is 6.98. The van der Waals surface area contributed by atoms with E-state index in [-0.39, 0.29) is 0 Å². The Kier molecular flexibility index (Phi) is 8.15. The molecule has 0 unspecified atom stereocenters. The Bertz CT molecular complexity index is 1630. The Morgan fingerprint density at radius 1 is 0.476 bits per heavy atom. The standard InChI is InChI=1S/C36H26Cl2O4/c37-31-17-9-7-15-29(31)35(41,27-11-3-1-4-12-27)25-23-33(39)19-21-34(40,22-20-33)24-26-36(42,28-13-5-2-6-14-28)30-16-8-10-18-32(30)38/h1-22,39-42H/t33?,34?,35-,36-/m0/s1. The molecule has 1 aliphatic rings. The van der Waals surface area contributed by atoms with Crippen molar-refractivity contribution in [2.24, 2.45) is 0 Å². The summed E-state index contributed by atoms with van der Waals surface area (Å²) < 4.78 is 0. The van der Waals surface area contributed by atoms with Crippen LogP contribution in [0.1, 0.15) is 22.3 Å². The van der Waals surface area contributed by atoms with Crippen LogP contribution in [0.25, 0.3) is 0 Å². The molecule has 4 aromatic carbocycles. The fourth-order valence-corrected chi connectivity index (χ4v) is 5.17. The second kappa shape index (κ2) is 11.6. The van der Waals surface area contributed by atoms with Crippen molar-refractivity contribution >= 4 is 23.2 Å². The SMILES string of the molecule is OC1(C#C[C@](O)(c2ccccc2)c2ccccc2Cl)C=CC(O)(C#C[C@](O)(c2ccccc2)c2ccccc2Cl)C=C1. The monoisotopic (exact) mass is 592 g/mol. The topological polar surface area (TPSA) is 80.9 Å². The van der Waals surface area contributed by atoms with Gasteiger partial charge in [0.1, 0.15) is 0 Å². The quantitative estimate of drug-likeness (QED) is 0.179. The van der Waals surface area contributed by atoms with E-state index in [2.05, 4.69) is 23.7 Å². The third kappa shape index (κ3) is 5.93. The molecule has 0 heterocycles. The van der Waals surface area contributed by atoms with Crippen molar-refractivity contribution in [1.82, 2.24) is 0 Å². The molecule has 0 saturated carbocycles. The first kappa shape index (κ1) is 29.4. The van der Waals surface area contributed by atoms with E-state index >= 15 is 0 Å². The number of aliphatic hydroxyl groups is 4. The number of benzene rings is 4. The van der Waals surface area contributed by atoms with Gasteiger partial charge in [-0.3, -0.25) is 0 Å². The third-order valence-corrected chi connectivity index (χ3v) is 7.64. The molecule has 0 amide bonds. The fraction of sp³-hybridized carbons (Fsp3) is 0.111. The van der Waals surface area contributed by atoms with E-state index in [9.17, 15) is 20.4 Å². The molecule has 5 rings (SSSR count). The summed E-state index contributed by atoms with van der Waals surface area (Å²) in [5.41, 5.74) is -5.66. The lowest BCUT2D eigenvalue weighted by atomic mass is 9.83. The summed E-state index contributed by atoms with van der Waals surface area (Å²) in [6.45, 7) is 0. The van der Waals surface area contributed by atoms with Crippen LogP contribution >= 0.6 is 23.2 Å². The summed E-state index contributed by atoms with van der Waals surface area (Å²) in [6.07, 6.45) is 5.13. The fourth-order valence-electron chi connectivity index (χ4n) is 4.63. The van der Waals surface area contributed by atoms with Crippen LogP contribution in [0.3, 0.4) is 0 Å². The lowest BCUT2D eigenvalue weighted by Gasteiger charge is -2.28. The van der Waals surface area contributed by atoms with Gasteiger partial charge in [-0.1, -0.05) is 144 Å². The number of hydrogen-bond acceptors (Lipinski definition) is 4. The molecule has 0 bridgehead atoms. The first-order valence-electron chi connectivity index (χ1n) is 13.1. The van der Waals surface area contributed by atoms with Crippen molar-refractivity contribution in [3.05, 3.63) is 166 Å². The van der Waals surface area contributed by atoms with Crippen molar-refractivity contribution in [1.29, 1.82) is 0 Å². The molecule has 6 heteroatoms. The number of halogens is 2. The van der Waals surface area contributed by atoms with Crippen LogP contribution < -0.4 is 0 Å². The van der Waals surface area contributed by atoms with Gasteiger partial charge in [0.15, 0.2) is 22.4 Å². The summed E-state index contributed by atoms with van der Waals surface area (Å²) in [7, 11) is 0. The van der Waals surface area contributed by atoms with Gasteiger partial charge in [0.05, 0.1) is 0 Å². The van der Waals surface area contributed by atoms with Crippen LogP contribution in [-0.4, -0.2) is 31.6 Å². The zero-order chi connectivity index (χ0) is 29.8. The van der Waals surface area contributed by atoms with Gasteiger partial charge in [-0.2, -0.15) is 0 Å². The maximum absolute atomic E-state index is 11.8. The highest BCUT2D eigenvalue weighted by Crippen LogP contribution is 2.36. The minimum absolute atomic E-state index is 0.314. The van der Waals surface area contributed by atoms with Crippen LogP contribution in [0.2, 0.25) is 10.0 Å². The average Bonchev–Trinajstić information content (AvgIpc) is 3.02. The predicted octanol–water partition coefficient (Wildman–Crippen LogP) is 5.76. The summed E-state index contributed by atoms with van der Waals surface area (Å²) in [5.74, 6) is 11.1. The Balaban J connectivity index is 1.50. The van der Waals surface area contributed by atoms with Crippen LogP contribution in [0.5, 0.6) is 0 Å². The molecule has 0 saturated heterocycles. The van der Waals surface area contributed by atoms with E-state index in [1.807, 2.05) is 12.1 Å². The minimum atomic E-state index is -1.84. The molecule has 42 heavy (non-hydrogen) atoms. The number of hydrogen-bond donors (Lipinski definition) is 4. The Hall–Kier alpha value is -4.10. The lowest BCUT2D eigenvalue weighted by molar-refractivity contribution is 0.140. The predicted molar refractivity (Wildman–Crippen MR) is 166 cm³/mol. The minimum Gasteiger partial charge on any atom is -0.370 e. The second-order valence-corrected chi connectivity index (χ2v) is 10.7. The largest absolute Gasteiger partial charge is 0.370 e. The molecule has 208 valence electrons. The molecule has 2 atom stereocenters. The van der Waals surface area contributed by atoms with Crippen molar-refractivity contribution in [3.63, 3.8) is 0 Å². The van der Waals surface area contributed by atoms with Crippen LogP contribution in [0.15, 0.2) is 133 Å². The van der Waals surface area contributed by atoms with Gasteiger partial charge in [-0.05, 0) is 36.4 Å². The molecule has 1 aliphatic carbocycles. The zero-order valence-corrected chi connectivity index (χ0v) is 23.8. The Labute approximate surface area is 254 Å². The highest BCUT2D eigenvalue weighted by atomic mass is 35.5. The van der Waals surface area contributed by atoms with E-state index in [1.54, 1.807) is 97.1 Å². The maximum Gasteiger partial charge on any atom is 0.178 e. The molecule has 0 aliphatic heterocycles. The van der Waals surface area contributed by atoms with E-state index < -0.39 is 22.4 Å². The number of rotatable bonds is 4. The normalized spacial score (nSPS) is 22.0. The van der Waals surface area contributed by atoms with Crippen molar-refractivity contribution in [2.75, 3.05) is 0 Å². The van der Waals surface area contributed by atoms with Crippen molar-refractivity contribution in [2.45, 2.75) is 22.4 Å². The summed E-state index contributed by atoms with van der Waals surface area (Å²) in [4.78, 5) is 0. The van der Waals surface area contributed by atoms with Gasteiger partial charge in [0.25, 0.3) is 0 Å². The van der Waals surface area contributed by atoms with Gasteiger partial charge in [0, 0.05) is 32.3 Å². The molecule has 4 N–H and O–H groups in total. The van der Waals surface area contributed by atoms with E-state index in [0.29, 0.717) is 32.3 Å². The van der Waals surface area contributed by atoms with E-state index in [0.717, 1.165) is 0 Å². The summed E-state index contributed by atoms with van der Waals surface area (Å²) >= 11 is 12.9. The van der Waals surface area contributed by atoms with Gasteiger partial charge in [0.2, 0.25) is 0 Å². The van der Waals surface area contributed by atoms with E-state index in [1.165, 1.54) is 24.3 Å². The Morgan fingerprint density at radius 2 is 0.786 bits per heavy atom. The molecule has 0 spiro atoms. The first-order chi connectivity index (χ1) is 20.1. The van der Waals surface area contributed by atoms with Gasteiger partial charge in [-0.25, -0.2) is 0 Å². The average molecular weight is 594 g/mol.